The summed E-state index contributed by atoms with van der Waals surface area (Å²) in [4.78, 5) is 10.3. The van der Waals surface area contributed by atoms with E-state index in [-0.39, 0.29) is 4.90 Å². The van der Waals surface area contributed by atoms with Crippen molar-refractivity contribution in [3.05, 3.63) is 48.3 Å². The van der Waals surface area contributed by atoms with Crippen LogP contribution >= 0.6 is 0 Å². The van der Waals surface area contributed by atoms with Crippen LogP contribution in [0.5, 0.6) is 0 Å². The highest BCUT2D eigenvalue weighted by Gasteiger charge is 2.23. The topological polar surface area (TPSA) is 89.2 Å². The molecule has 1 aliphatic rings. The molecule has 0 saturated carbocycles. The van der Waals surface area contributed by atoms with Gasteiger partial charge in [-0.05, 0) is 18.4 Å². The molecule has 1 unspecified atom stereocenters. The number of aromatic nitrogens is 2. The van der Waals surface area contributed by atoms with Crippen molar-refractivity contribution in [2.45, 2.75) is 23.7 Å². The van der Waals surface area contributed by atoms with Crippen molar-refractivity contribution >= 4 is 16.0 Å². The van der Waals surface area contributed by atoms with Gasteiger partial charge in [0.05, 0.1) is 12.4 Å². The molecule has 2 aromatic rings. The third-order valence-electron chi connectivity index (χ3n) is 3.92. The van der Waals surface area contributed by atoms with Gasteiger partial charge in [-0.1, -0.05) is 30.3 Å². The summed E-state index contributed by atoms with van der Waals surface area (Å²) >= 11 is 0. The minimum Gasteiger partial charge on any atom is -0.340 e. The summed E-state index contributed by atoms with van der Waals surface area (Å²) in [6.07, 6.45) is 4.73. The molecule has 1 aromatic heterocycles. The number of hydrogen-bond donors (Lipinski definition) is 1. The SMILES string of the molecule is NS(=O)(=O)c1cnc(N2CCCC(c3ccccc3)C2)nc1. The van der Waals surface area contributed by atoms with E-state index in [2.05, 4.69) is 27.0 Å². The van der Waals surface area contributed by atoms with Crippen molar-refractivity contribution in [2.24, 2.45) is 5.14 Å². The first-order chi connectivity index (χ1) is 10.5. The van der Waals surface area contributed by atoms with E-state index >= 15 is 0 Å². The van der Waals surface area contributed by atoms with E-state index in [0.29, 0.717) is 11.9 Å². The number of sulfonamides is 1. The summed E-state index contributed by atoms with van der Waals surface area (Å²) in [5, 5.41) is 5.06. The van der Waals surface area contributed by atoms with Crippen molar-refractivity contribution in [1.82, 2.24) is 9.97 Å². The number of nitrogens with two attached hydrogens (primary N) is 1. The maximum Gasteiger partial charge on any atom is 0.241 e. The van der Waals surface area contributed by atoms with Crippen LogP contribution < -0.4 is 10.0 Å². The quantitative estimate of drug-likeness (QED) is 0.926. The lowest BCUT2D eigenvalue weighted by atomic mass is 9.91. The van der Waals surface area contributed by atoms with Crippen molar-refractivity contribution in [1.29, 1.82) is 0 Å². The van der Waals surface area contributed by atoms with E-state index in [0.717, 1.165) is 25.9 Å². The number of primary sulfonamides is 1. The maximum absolute atomic E-state index is 11.2. The Morgan fingerprint density at radius 2 is 1.82 bits per heavy atom. The van der Waals surface area contributed by atoms with Gasteiger partial charge < -0.3 is 4.90 Å². The standard InChI is InChI=1S/C15H18N4O2S/c16-22(20,21)14-9-17-15(18-10-14)19-8-4-7-13(11-19)12-5-2-1-3-6-12/h1-3,5-6,9-10,13H,4,7-8,11H2,(H2,16,20,21). The van der Waals surface area contributed by atoms with Gasteiger partial charge in [0, 0.05) is 19.0 Å². The van der Waals surface area contributed by atoms with Crippen LogP contribution in [0.25, 0.3) is 0 Å². The summed E-state index contributed by atoms with van der Waals surface area (Å²) in [5.41, 5.74) is 1.31. The van der Waals surface area contributed by atoms with Crippen LogP contribution in [-0.2, 0) is 10.0 Å². The number of rotatable bonds is 3. The van der Waals surface area contributed by atoms with Crippen LogP contribution in [0, 0.1) is 0 Å². The minimum atomic E-state index is -3.75. The fraction of sp³-hybridized carbons (Fsp3) is 0.333. The first kappa shape index (κ1) is 14.9. The molecule has 1 aromatic carbocycles. The molecule has 7 heteroatoms. The lowest BCUT2D eigenvalue weighted by molar-refractivity contribution is 0.503. The number of anilines is 1. The van der Waals surface area contributed by atoms with Gasteiger partial charge >= 0.3 is 0 Å². The Morgan fingerprint density at radius 1 is 1.14 bits per heavy atom. The van der Waals surface area contributed by atoms with Crippen molar-refractivity contribution < 1.29 is 8.42 Å². The Balaban J connectivity index is 1.77. The summed E-state index contributed by atoms with van der Waals surface area (Å²) < 4.78 is 22.5. The number of piperidine rings is 1. The first-order valence-electron chi connectivity index (χ1n) is 7.19. The molecule has 0 aliphatic carbocycles. The third kappa shape index (κ3) is 3.26. The number of hydrogen-bond acceptors (Lipinski definition) is 5. The molecule has 0 spiro atoms. The zero-order chi connectivity index (χ0) is 15.6. The van der Waals surface area contributed by atoms with Crippen molar-refractivity contribution in [3.8, 4) is 0 Å². The second-order valence-corrected chi connectivity index (χ2v) is 7.02. The monoisotopic (exact) mass is 318 g/mol. The zero-order valence-electron chi connectivity index (χ0n) is 12.1. The molecule has 3 rings (SSSR count). The lowest BCUT2D eigenvalue weighted by Crippen LogP contribution is -2.35. The average Bonchev–Trinajstić information content (AvgIpc) is 2.55. The molecule has 6 nitrogen and oxygen atoms in total. The van der Waals surface area contributed by atoms with Crippen molar-refractivity contribution in [2.75, 3.05) is 18.0 Å². The van der Waals surface area contributed by atoms with Gasteiger partial charge in [-0.2, -0.15) is 0 Å². The van der Waals surface area contributed by atoms with Crippen LogP contribution in [0.4, 0.5) is 5.95 Å². The van der Waals surface area contributed by atoms with Gasteiger partial charge in [-0.3, -0.25) is 0 Å². The molecule has 0 bridgehead atoms. The van der Waals surface area contributed by atoms with Gasteiger partial charge in [0.2, 0.25) is 16.0 Å². The fourth-order valence-electron chi connectivity index (χ4n) is 2.78. The highest BCUT2D eigenvalue weighted by Crippen LogP contribution is 2.28. The van der Waals surface area contributed by atoms with E-state index in [1.54, 1.807) is 0 Å². The Kier molecular flexibility index (Phi) is 4.08. The molecule has 1 fully saturated rings. The van der Waals surface area contributed by atoms with Gasteiger partial charge in [0.1, 0.15) is 4.90 Å². The molecule has 0 radical (unpaired) electrons. The Morgan fingerprint density at radius 3 is 2.45 bits per heavy atom. The molecule has 1 aliphatic heterocycles. The molecule has 2 N–H and O–H groups in total. The van der Waals surface area contributed by atoms with Crippen LogP contribution in [0.3, 0.4) is 0 Å². The molecule has 1 atom stereocenters. The maximum atomic E-state index is 11.2. The van der Waals surface area contributed by atoms with E-state index in [4.69, 9.17) is 5.14 Å². The van der Waals surface area contributed by atoms with E-state index in [1.165, 1.54) is 18.0 Å². The van der Waals surface area contributed by atoms with E-state index < -0.39 is 10.0 Å². The first-order valence-corrected chi connectivity index (χ1v) is 8.73. The summed E-state index contributed by atoms with van der Waals surface area (Å²) in [6, 6.07) is 10.4. The van der Waals surface area contributed by atoms with E-state index in [9.17, 15) is 8.42 Å². The predicted molar refractivity (Wildman–Crippen MR) is 84.0 cm³/mol. The van der Waals surface area contributed by atoms with Gasteiger partial charge in [-0.15, -0.1) is 0 Å². The normalized spacial score (nSPS) is 19.1. The van der Waals surface area contributed by atoms with Crippen molar-refractivity contribution in [3.63, 3.8) is 0 Å². The lowest BCUT2D eigenvalue weighted by Gasteiger charge is -2.33. The highest BCUT2D eigenvalue weighted by molar-refractivity contribution is 7.89. The molecule has 0 amide bonds. The second kappa shape index (κ2) is 6.02. The Bertz CT molecular complexity index is 732. The average molecular weight is 318 g/mol. The van der Waals surface area contributed by atoms with Gasteiger partial charge in [0.25, 0.3) is 0 Å². The molecular formula is C15H18N4O2S. The summed E-state index contributed by atoms with van der Waals surface area (Å²) in [7, 11) is -3.75. The zero-order valence-corrected chi connectivity index (χ0v) is 12.9. The summed E-state index contributed by atoms with van der Waals surface area (Å²) in [6.45, 7) is 1.71. The van der Waals surface area contributed by atoms with Crippen LogP contribution in [-0.4, -0.2) is 31.5 Å². The smallest absolute Gasteiger partial charge is 0.241 e. The largest absolute Gasteiger partial charge is 0.340 e. The molecular weight excluding hydrogens is 300 g/mol. The second-order valence-electron chi connectivity index (χ2n) is 5.46. The predicted octanol–water partition coefficient (Wildman–Crippen LogP) is 1.51. The van der Waals surface area contributed by atoms with E-state index in [1.807, 2.05) is 18.2 Å². The molecule has 116 valence electrons. The van der Waals surface area contributed by atoms with Crippen LogP contribution in [0.2, 0.25) is 0 Å². The Labute approximate surface area is 130 Å². The number of nitrogens with zero attached hydrogens (tertiary/aromatic N) is 3. The minimum absolute atomic E-state index is 0.0622. The summed E-state index contributed by atoms with van der Waals surface area (Å²) in [5.74, 6) is 0.990. The molecule has 22 heavy (non-hydrogen) atoms. The molecule has 2 heterocycles. The Hall–Kier alpha value is -1.99. The number of benzene rings is 1. The third-order valence-corrected chi connectivity index (χ3v) is 4.79. The van der Waals surface area contributed by atoms with Gasteiger partial charge in [-0.25, -0.2) is 23.5 Å². The van der Waals surface area contributed by atoms with Crippen LogP contribution in [0.15, 0.2) is 47.6 Å². The van der Waals surface area contributed by atoms with Gasteiger partial charge in [0.15, 0.2) is 0 Å². The highest BCUT2D eigenvalue weighted by atomic mass is 32.2. The fourth-order valence-corrected chi connectivity index (χ4v) is 3.17. The molecule has 1 saturated heterocycles. The van der Waals surface area contributed by atoms with Crippen LogP contribution in [0.1, 0.15) is 24.3 Å².